The highest BCUT2D eigenvalue weighted by atomic mass is 16.6. The molecule has 9 atom stereocenters. The van der Waals surface area contributed by atoms with Gasteiger partial charge in [-0.15, -0.1) is 0 Å². The number of Topliss-reactive ketones (excluding diaryl/α,β-unsaturated/α-hetero) is 2. The van der Waals surface area contributed by atoms with Gasteiger partial charge in [0.15, 0.2) is 11.6 Å². The molecular weight excluding hydrogens is 276 g/mol. The fourth-order valence-corrected chi connectivity index (χ4v) is 8.25. The van der Waals surface area contributed by atoms with Crippen molar-refractivity contribution in [2.75, 3.05) is 0 Å². The van der Waals surface area contributed by atoms with E-state index < -0.39 is 5.41 Å². The number of hydrogen-bond donors (Lipinski definition) is 0. The van der Waals surface area contributed by atoms with Crippen LogP contribution in [0.2, 0.25) is 0 Å². The van der Waals surface area contributed by atoms with E-state index in [9.17, 15) is 9.59 Å². The minimum absolute atomic E-state index is 0.0359. The Bertz CT molecular complexity index is 670. The highest BCUT2D eigenvalue weighted by Gasteiger charge is 2.88. The van der Waals surface area contributed by atoms with Crippen LogP contribution in [0, 0.1) is 39.9 Å². The van der Waals surface area contributed by atoms with Crippen LogP contribution in [0.4, 0.5) is 0 Å². The molecule has 22 heavy (non-hydrogen) atoms. The highest BCUT2D eigenvalue weighted by Crippen LogP contribution is 2.82. The topological polar surface area (TPSA) is 46.7 Å². The van der Waals surface area contributed by atoms with Gasteiger partial charge in [0.2, 0.25) is 0 Å². The Morgan fingerprint density at radius 3 is 2.50 bits per heavy atom. The Labute approximate surface area is 131 Å². The van der Waals surface area contributed by atoms with Crippen molar-refractivity contribution in [2.24, 2.45) is 39.9 Å². The number of epoxide rings is 1. The van der Waals surface area contributed by atoms with Crippen LogP contribution in [0.15, 0.2) is 0 Å². The van der Waals surface area contributed by atoms with E-state index in [1.54, 1.807) is 0 Å². The van der Waals surface area contributed by atoms with E-state index in [1.807, 2.05) is 0 Å². The van der Waals surface area contributed by atoms with Crippen molar-refractivity contribution in [3.63, 3.8) is 0 Å². The molecule has 118 valence electrons. The third kappa shape index (κ3) is 0.910. The average molecular weight is 300 g/mol. The van der Waals surface area contributed by atoms with E-state index in [2.05, 4.69) is 20.8 Å². The van der Waals surface area contributed by atoms with Crippen LogP contribution >= 0.6 is 0 Å². The molecule has 0 aromatic heterocycles. The van der Waals surface area contributed by atoms with Gasteiger partial charge in [-0.1, -0.05) is 13.8 Å². The molecule has 0 radical (unpaired) electrons. The van der Waals surface area contributed by atoms with Crippen LogP contribution in [0.1, 0.15) is 52.9 Å². The zero-order valence-corrected chi connectivity index (χ0v) is 13.6. The minimum Gasteiger partial charge on any atom is -0.366 e. The van der Waals surface area contributed by atoms with Gasteiger partial charge in [0.05, 0.1) is 17.1 Å². The predicted octanol–water partition coefficient (Wildman–Crippen LogP) is 2.76. The summed E-state index contributed by atoms with van der Waals surface area (Å²) in [5.74, 6) is 1.95. The summed E-state index contributed by atoms with van der Waals surface area (Å²) >= 11 is 0. The first-order valence-corrected chi connectivity index (χ1v) is 9.08. The van der Waals surface area contributed by atoms with Gasteiger partial charge in [0.25, 0.3) is 0 Å². The molecule has 1 heterocycles. The Morgan fingerprint density at radius 1 is 1.05 bits per heavy atom. The maximum atomic E-state index is 13.2. The smallest absolute Gasteiger partial charge is 0.153 e. The van der Waals surface area contributed by atoms with Crippen molar-refractivity contribution in [3.05, 3.63) is 0 Å². The van der Waals surface area contributed by atoms with Crippen molar-refractivity contribution in [1.29, 1.82) is 0 Å². The van der Waals surface area contributed by atoms with Gasteiger partial charge in [0, 0.05) is 11.3 Å². The average Bonchev–Trinajstić information content (AvgIpc) is 3.31. The second-order valence-corrected chi connectivity index (χ2v) is 9.75. The molecule has 4 bridgehead atoms. The number of carbonyl (C=O) groups excluding carboxylic acids is 2. The number of ether oxygens (including phenoxy) is 1. The lowest BCUT2D eigenvalue weighted by molar-refractivity contribution is -0.171. The van der Waals surface area contributed by atoms with Crippen molar-refractivity contribution < 1.29 is 14.3 Å². The summed E-state index contributed by atoms with van der Waals surface area (Å²) < 4.78 is 6.07. The molecule has 7 fully saturated rings. The van der Waals surface area contributed by atoms with E-state index in [0.717, 1.165) is 32.1 Å². The lowest BCUT2D eigenvalue weighted by atomic mass is 9.41. The minimum atomic E-state index is -0.600. The van der Waals surface area contributed by atoms with Gasteiger partial charge in [-0.05, 0) is 62.2 Å². The molecule has 7 rings (SSSR count). The second-order valence-electron chi connectivity index (χ2n) is 9.75. The summed E-state index contributed by atoms with van der Waals surface area (Å²) in [7, 11) is 0. The summed E-state index contributed by atoms with van der Waals surface area (Å²) in [6, 6.07) is 0. The van der Waals surface area contributed by atoms with Crippen molar-refractivity contribution in [3.8, 4) is 0 Å². The first-order valence-electron chi connectivity index (χ1n) is 9.08. The summed E-state index contributed by atoms with van der Waals surface area (Å²) in [6.07, 6.45) is 5.62. The molecule has 0 aromatic carbocycles. The van der Waals surface area contributed by atoms with Gasteiger partial charge in [-0.3, -0.25) is 9.59 Å². The lowest BCUT2D eigenvalue weighted by Gasteiger charge is -2.60. The zero-order chi connectivity index (χ0) is 15.3. The number of carbonyl (C=O) groups is 2. The zero-order valence-electron chi connectivity index (χ0n) is 13.6. The van der Waals surface area contributed by atoms with Crippen molar-refractivity contribution >= 4 is 11.6 Å². The molecule has 1 saturated heterocycles. The molecule has 6 aliphatic carbocycles. The monoisotopic (exact) mass is 300 g/mol. The number of ketones is 2. The third-order valence-electron chi connectivity index (χ3n) is 9.45. The molecule has 1 spiro atoms. The molecule has 0 amide bonds. The van der Waals surface area contributed by atoms with E-state index >= 15 is 0 Å². The SMILES string of the molecule is CC12O[C@H]1CC[C@]1(C)[C@@H]2CC[C@@]23C(=O)C4[C@H](C[C@H]21)[C@@]4(C)C3=O. The Hall–Kier alpha value is -0.700. The Balaban J connectivity index is 1.52. The van der Waals surface area contributed by atoms with E-state index in [1.165, 1.54) is 0 Å². The van der Waals surface area contributed by atoms with Crippen LogP contribution in [-0.4, -0.2) is 23.3 Å². The quantitative estimate of drug-likeness (QED) is 0.510. The number of fused-ring (bicyclic) bond motifs is 3. The van der Waals surface area contributed by atoms with Gasteiger partial charge < -0.3 is 4.74 Å². The molecule has 1 aliphatic heterocycles. The molecule has 2 unspecified atom stereocenters. The van der Waals surface area contributed by atoms with Crippen LogP contribution < -0.4 is 0 Å². The third-order valence-corrected chi connectivity index (χ3v) is 9.45. The van der Waals surface area contributed by atoms with Gasteiger partial charge in [0.1, 0.15) is 0 Å². The van der Waals surface area contributed by atoms with Gasteiger partial charge in [-0.2, -0.15) is 0 Å². The highest BCUT2D eigenvalue weighted by molar-refractivity contribution is 6.22. The van der Waals surface area contributed by atoms with Crippen molar-refractivity contribution in [1.82, 2.24) is 0 Å². The largest absolute Gasteiger partial charge is 0.366 e. The summed E-state index contributed by atoms with van der Waals surface area (Å²) in [6.45, 7) is 6.73. The van der Waals surface area contributed by atoms with E-state index in [4.69, 9.17) is 4.74 Å². The number of rotatable bonds is 0. The normalized spacial score (nSPS) is 69.9. The maximum absolute atomic E-state index is 13.2. The second kappa shape index (κ2) is 2.99. The van der Waals surface area contributed by atoms with Crippen LogP contribution in [0.5, 0.6) is 0 Å². The van der Waals surface area contributed by atoms with Gasteiger partial charge in [-0.25, -0.2) is 0 Å². The molecule has 3 heteroatoms. The molecule has 0 N–H and O–H groups in total. The fourth-order valence-electron chi connectivity index (χ4n) is 8.25. The first kappa shape index (κ1) is 12.7. The summed E-state index contributed by atoms with van der Waals surface area (Å²) in [4.78, 5) is 26.3. The lowest BCUT2D eigenvalue weighted by Crippen LogP contribution is -2.63. The van der Waals surface area contributed by atoms with Crippen molar-refractivity contribution in [2.45, 2.75) is 64.6 Å². The standard InChI is InChI=1S/C19H24O3/c1-16-6-5-12-18(3,22-12)10(16)4-7-19-11(16)8-9-13(14(19)20)17(9,2)15(19)21/h9-13H,4-8H2,1-3H3/t9-,10-,11-,12-,13?,16+,17+,18?,19-/m0/s1. The molecule has 7 aliphatic rings. The molecule has 6 saturated carbocycles. The van der Waals surface area contributed by atoms with Crippen LogP contribution in [0.25, 0.3) is 0 Å². The molecule has 3 nitrogen and oxygen atoms in total. The van der Waals surface area contributed by atoms with E-state index in [0.29, 0.717) is 29.5 Å². The predicted molar refractivity (Wildman–Crippen MR) is 79.0 cm³/mol. The Kier molecular flexibility index (Phi) is 1.72. The first-order chi connectivity index (χ1) is 10.3. The summed E-state index contributed by atoms with van der Waals surface area (Å²) in [5, 5.41) is 0. The fraction of sp³-hybridized carbons (Fsp3) is 0.895. The molecule has 0 aromatic rings. The maximum Gasteiger partial charge on any atom is 0.153 e. The Morgan fingerprint density at radius 2 is 1.82 bits per heavy atom. The molecular formula is C19H24O3. The van der Waals surface area contributed by atoms with Crippen LogP contribution in [0.3, 0.4) is 0 Å². The van der Waals surface area contributed by atoms with Crippen LogP contribution in [-0.2, 0) is 14.3 Å². The van der Waals surface area contributed by atoms with E-state index in [-0.39, 0.29) is 28.3 Å². The van der Waals surface area contributed by atoms with Gasteiger partial charge >= 0.3 is 0 Å². The summed E-state index contributed by atoms with van der Waals surface area (Å²) in [5.41, 5.74) is -0.708. The number of hydrogen-bond acceptors (Lipinski definition) is 3.